The van der Waals surface area contributed by atoms with Gasteiger partial charge in [-0.2, -0.15) is 0 Å². The van der Waals surface area contributed by atoms with Crippen molar-refractivity contribution in [2.75, 3.05) is 68.7 Å². The lowest BCUT2D eigenvalue weighted by Crippen LogP contribution is -2.49. The van der Waals surface area contributed by atoms with Crippen LogP contribution in [0.4, 0.5) is 24.5 Å². The molecular formula is C28H33F3N6O2. The molecule has 1 amide bonds. The third-order valence-electron chi connectivity index (χ3n) is 8.03. The van der Waals surface area contributed by atoms with Gasteiger partial charge in [0.25, 0.3) is 0 Å². The largest absolute Gasteiger partial charge is 0.573 e. The monoisotopic (exact) mass is 542 g/mol. The quantitative estimate of drug-likeness (QED) is 0.500. The number of aromatic amines is 1. The van der Waals surface area contributed by atoms with Gasteiger partial charge in [0, 0.05) is 92.9 Å². The van der Waals surface area contributed by atoms with E-state index in [4.69, 9.17) is 0 Å². The van der Waals surface area contributed by atoms with Gasteiger partial charge >= 0.3 is 6.36 Å². The van der Waals surface area contributed by atoms with Gasteiger partial charge in [-0.3, -0.25) is 4.79 Å². The zero-order valence-electron chi connectivity index (χ0n) is 22.0. The predicted molar refractivity (Wildman–Crippen MR) is 144 cm³/mol. The molecule has 8 nitrogen and oxygen atoms in total. The summed E-state index contributed by atoms with van der Waals surface area (Å²) in [5.41, 5.74) is 3.09. The van der Waals surface area contributed by atoms with Gasteiger partial charge < -0.3 is 29.3 Å². The fourth-order valence-electron chi connectivity index (χ4n) is 5.65. The number of alkyl halides is 3. The number of carbonyl (C=O) groups excluding carboxylic acids is 1. The number of ether oxygens (including phenoxy) is 1. The van der Waals surface area contributed by atoms with E-state index < -0.39 is 6.36 Å². The van der Waals surface area contributed by atoms with Crippen molar-refractivity contribution in [1.29, 1.82) is 0 Å². The van der Waals surface area contributed by atoms with Crippen LogP contribution in [0.15, 0.2) is 36.5 Å². The summed E-state index contributed by atoms with van der Waals surface area (Å²) in [5.74, 6) is 0.224. The lowest BCUT2D eigenvalue weighted by Gasteiger charge is -2.36. The maximum absolute atomic E-state index is 13.5. The molecule has 208 valence electrons. The number of anilines is 2. The number of hydrogen-bond donors (Lipinski definition) is 1. The summed E-state index contributed by atoms with van der Waals surface area (Å²) >= 11 is 0. The van der Waals surface area contributed by atoms with Gasteiger partial charge in [-0.05, 0) is 43.7 Å². The first-order valence-electron chi connectivity index (χ1n) is 13.7. The third-order valence-corrected chi connectivity index (χ3v) is 8.03. The number of piperazine rings is 2. The minimum atomic E-state index is -4.82. The van der Waals surface area contributed by atoms with E-state index in [1.807, 2.05) is 23.1 Å². The molecule has 3 fully saturated rings. The molecule has 2 saturated heterocycles. The Labute approximate surface area is 225 Å². The molecule has 1 aliphatic carbocycles. The zero-order valence-corrected chi connectivity index (χ0v) is 22.0. The Morgan fingerprint density at radius 1 is 1.00 bits per heavy atom. The number of H-pyrrole nitrogens is 1. The topological polar surface area (TPSA) is 67.9 Å². The van der Waals surface area contributed by atoms with Gasteiger partial charge in [0.2, 0.25) is 5.91 Å². The first-order valence-corrected chi connectivity index (χ1v) is 13.7. The Morgan fingerprint density at radius 2 is 1.72 bits per heavy atom. The van der Waals surface area contributed by atoms with Gasteiger partial charge in [-0.15, -0.1) is 13.2 Å². The van der Waals surface area contributed by atoms with Crippen LogP contribution >= 0.6 is 0 Å². The van der Waals surface area contributed by atoms with Crippen LogP contribution in [0, 0.1) is 5.92 Å². The second-order valence-electron chi connectivity index (χ2n) is 10.5. The van der Waals surface area contributed by atoms with E-state index in [-0.39, 0.29) is 17.6 Å². The first-order chi connectivity index (χ1) is 18.8. The highest BCUT2D eigenvalue weighted by atomic mass is 19.4. The number of halogens is 3. The summed E-state index contributed by atoms with van der Waals surface area (Å²) in [7, 11) is 0. The van der Waals surface area contributed by atoms with Crippen molar-refractivity contribution < 1.29 is 22.7 Å². The molecule has 39 heavy (non-hydrogen) atoms. The molecule has 0 unspecified atom stereocenters. The summed E-state index contributed by atoms with van der Waals surface area (Å²) < 4.78 is 44.9. The van der Waals surface area contributed by atoms with E-state index in [1.165, 1.54) is 6.07 Å². The summed E-state index contributed by atoms with van der Waals surface area (Å²) in [5, 5.41) is 0.826. The number of aromatic nitrogens is 2. The molecule has 0 atom stereocenters. The Kier molecular flexibility index (Phi) is 6.78. The number of likely N-dealkylation sites (N-methyl/N-ethyl adjacent to an activating group) is 1. The van der Waals surface area contributed by atoms with E-state index in [0.29, 0.717) is 48.8 Å². The van der Waals surface area contributed by atoms with Crippen LogP contribution in [-0.4, -0.2) is 90.9 Å². The van der Waals surface area contributed by atoms with E-state index in [0.717, 1.165) is 56.6 Å². The molecule has 1 saturated carbocycles. The van der Waals surface area contributed by atoms with Gasteiger partial charge in [-0.1, -0.05) is 6.92 Å². The van der Waals surface area contributed by atoms with Crippen LogP contribution in [0.2, 0.25) is 0 Å². The van der Waals surface area contributed by atoms with E-state index in [9.17, 15) is 18.0 Å². The second-order valence-corrected chi connectivity index (χ2v) is 10.5. The summed E-state index contributed by atoms with van der Waals surface area (Å²) in [6.45, 7) is 9.01. The van der Waals surface area contributed by atoms with Crippen LogP contribution in [0.3, 0.4) is 0 Å². The molecular weight excluding hydrogens is 509 g/mol. The molecule has 1 aromatic carbocycles. The van der Waals surface area contributed by atoms with Crippen LogP contribution in [-0.2, 0) is 4.79 Å². The molecule has 6 rings (SSSR count). The Morgan fingerprint density at radius 3 is 2.38 bits per heavy atom. The smallest absolute Gasteiger partial charge is 0.405 e. The summed E-state index contributed by atoms with van der Waals surface area (Å²) in [6.07, 6.45) is -1.13. The number of fused-ring (bicyclic) bond motifs is 1. The number of nitrogens with one attached hydrogen (secondary N) is 1. The van der Waals surface area contributed by atoms with Crippen LogP contribution in [0.25, 0.3) is 22.3 Å². The number of carbonyl (C=O) groups is 1. The molecule has 3 aliphatic rings. The minimum Gasteiger partial charge on any atom is -0.405 e. The molecule has 11 heteroatoms. The molecule has 0 bridgehead atoms. The Hall–Kier alpha value is -3.47. The molecule has 0 radical (unpaired) electrons. The van der Waals surface area contributed by atoms with Crippen molar-refractivity contribution in [2.45, 2.75) is 26.1 Å². The van der Waals surface area contributed by atoms with Crippen molar-refractivity contribution >= 4 is 28.3 Å². The zero-order chi connectivity index (χ0) is 27.1. The van der Waals surface area contributed by atoms with Crippen LogP contribution in [0.5, 0.6) is 5.75 Å². The standard InChI is InChI=1S/C28H33F3N6O2/c1-2-34-9-11-35(12-10-34)20-5-6-21(25(17-20)39-28(29,30)31)23-18-22-24(7-8-32-26(22)33-23)36-13-15-37(16-14-36)27(38)19-3-4-19/h5-8,17-19H,2-4,9-16H2,1H3,(H,32,33). The van der Waals surface area contributed by atoms with Gasteiger partial charge in [0.1, 0.15) is 11.4 Å². The number of pyridine rings is 1. The van der Waals surface area contributed by atoms with E-state index >= 15 is 0 Å². The number of hydrogen-bond acceptors (Lipinski definition) is 6. The Bertz CT molecular complexity index is 1340. The molecule has 1 N–H and O–H groups in total. The first kappa shape index (κ1) is 25.8. The van der Waals surface area contributed by atoms with Gasteiger partial charge in [0.05, 0.1) is 5.69 Å². The minimum absolute atomic E-state index is 0.205. The maximum Gasteiger partial charge on any atom is 0.573 e. The second kappa shape index (κ2) is 10.3. The molecule has 0 spiro atoms. The molecule has 4 heterocycles. The summed E-state index contributed by atoms with van der Waals surface area (Å²) in [4.78, 5) is 28.7. The Balaban J connectivity index is 1.28. The lowest BCUT2D eigenvalue weighted by molar-refractivity contribution is -0.274. The maximum atomic E-state index is 13.5. The number of benzene rings is 1. The fraction of sp³-hybridized carbons (Fsp3) is 0.500. The molecule has 3 aromatic rings. The van der Waals surface area contributed by atoms with Crippen LogP contribution in [0.1, 0.15) is 19.8 Å². The molecule has 2 aromatic heterocycles. The van der Waals surface area contributed by atoms with E-state index in [2.05, 4.69) is 36.3 Å². The van der Waals surface area contributed by atoms with Crippen molar-refractivity contribution in [2.24, 2.45) is 5.92 Å². The average molecular weight is 543 g/mol. The highest BCUT2D eigenvalue weighted by Crippen LogP contribution is 2.39. The number of nitrogens with zero attached hydrogens (tertiary/aromatic N) is 5. The van der Waals surface area contributed by atoms with E-state index in [1.54, 1.807) is 12.3 Å². The van der Waals surface area contributed by atoms with Crippen molar-refractivity contribution in [3.05, 3.63) is 36.5 Å². The number of rotatable bonds is 6. The summed E-state index contributed by atoms with van der Waals surface area (Å²) in [6, 6.07) is 8.80. The molecule has 2 aliphatic heterocycles. The number of amides is 1. The van der Waals surface area contributed by atoms with Gasteiger partial charge in [0.15, 0.2) is 0 Å². The van der Waals surface area contributed by atoms with Gasteiger partial charge in [-0.25, -0.2) is 4.98 Å². The third kappa shape index (κ3) is 5.50. The normalized spacial score (nSPS) is 19.1. The average Bonchev–Trinajstić information content (AvgIpc) is 3.70. The highest BCUT2D eigenvalue weighted by Gasteiger charge is 2.35. The van der Waals surface area contributed by atoms with Crippen molar-refractivity contribution in [3.63, 3.8) is 0 Å². The highest BCUT2D eigenvalue weighted by molar-refractivity contribution is 5.94. The fourth-order valence-corrected chi connectivity index (χ4v) is 5.65. The van der Waals surface area contributed by atoms with Crippen LogP contribution < -0.4 is 14.5 Å². The lowest BCUT2D eigenvalue weighted by atomic mass is 10.1. The SMILES string of the molecule is CCN1CCN(c2ccc(-c3cc4c(N5CCN(C(=O)C6CC6)CC5)ccnc4[nH]3)c(OC(F)(F)F)c2)CC1. The van der Waals surface area contributed by atoms with Crippen molar-refractivity contribution in [3.8, 4) is 17.0 Å². The van der Waals surface area contributed by atoms with Crippen molar-refractivity contribution in [1.82, 2.24) is 19.8 Å². The predicted octanol–water partition coefficient (Wildman–Crippen LogP) is 4.33.